The maximum absolute atomic E-state index is 11.0. The largest absolute Gasteiger partial charge is 0.330 e. The first kappa shape index (κ1) is 8.70. The summed E-state index contributed by atoms with van der Waals surface area (Å²) < 4.78 is 0. The highest BCUT2D eigenvalue weighted by atomic mass is 16.2. The standard InChI is InChI=1S/C7H10N2O3/c1-2-3-9-6(11)4-5(10)8-7(9)12/h2-4H2,1H3,(H,8,10,12). The summed E-state index contributed by atoms with van der Waals surface area (Å²) in [6.45, 7) is 2.23. The van der Waals surface area contributed by atoms with Crippen molar-refractivity contribution in [3.05, 3.63) is 0 Å². The smallest absolute Gasteiger partial charge is 0.277 e. The van der Waals surface area contributed by atoms with Crippen LogP contribution in [0.4, 0.5) is 4.79 Å². The predicted molar refractivity (Wildman–Crippen MR) is 40.2 cm³/mol. The van der Waals surface area contributed by atoms with Crippen molar-refractivity contribution in [3.8, 4) is 0 Å². The summed E-state index contributed by atoms with van der Waals surface area (Å²) >= 11 is 0. The second kappa shape index (κ2) is 3.34. The number of barbiturate groups is 1. The highest BCUT2D eigenvalue weighted by molar-refractivity contribution is 6.14. The Morgan fingerprint density at radius 1 is 1.42 bits per heavy atom. The quantitative estimate of drug-likeness (QED) is 0.587. The monoisotopic (exact) mass is 170 g/mol. The molecular formula is C7H10N2O3. The first-order valence-corrected chi connectivity index (χ1v) is 3.79. The topological polar surface area (TPSA) is 66.5 Å². The van der Waals surface area contributed by atoms with Crippen LogP contribution in [0.2, 0.25) is 0 Å². The molecule has 5 nitrogen and oxygen atoms in total. The molecule has 0 radical (unpaired) electrons. The number of amides is 4. The van der Waals surface area contributed by atoms with Gasteiger partial charge in [-0.3, -0.25) is 19.8 Å². The van der Waals surface area contributed by atoms with Gasteiger partial charge in [-0.05, 0) is 6.42 Å². The van der Waals surface area contributed by atoms with Gasteiger partial charge >= 0.3 is 6.03 Å². The van der Waals surface area contributed by atoms with Crippen LogP contribution in [0.5, 0.6) is 0 Å². The lowest BCUT2D eigenvalue weighted by Crippen LogP contribution is -2.52. The molecule has 1 rings (SSSR count). The van der Waals surface area contributed by atoms with Gasteiger partial charge in [0.05, 0.1) is 0 Å². The van der Waals surface area contributed by atoms with Crippen molar-refractivity contribution in [2.75, 3.05) is 6.54 Å². The molecule has 0 aromatic rings. The van der Waals surface area contributed by atoms with Gasteiger partial charge in [0.15, 0.2) is 0 Å². The van der Waals surface area contributed by atoms with Crippen LogP contribution >= 0.6 is 0 Å². The lowest BCUT2D eigenvalue weighted by molar-refractivity contribution is -0.136. The number of rotatable bonds is 2. The van der Waals surface area contributed by atoms with Gasteiger partial charge in [0.2, 0.25) is 11.8 Å². The van der Waals surface area contributed by atoms with Crippen LogP contribution in [-0.2, 0) is 9.59 Å². The molecular weight excluding hydrogens is 160 g/mol. The van der Waals surface area contributed by atoms with Crippen molar-refractivity contribution >= 4 is 17.8 Å². The summed E-state index contributed by atoms with van der Waals surface area (Å²) in [5, 5.41) is 2.07. The van der Waals surface area contributed by atoms with Gasteiger partial charge in [-0.1, -0.05) is 6.92 Å². The van der Waals surface area contributed by atoms with Gasteiger partial charge in [0, 0.05) is 6.54 Å². The Labute approximate surface area is 69.7 Å². The lowest BCUT2D eigenvalue weighted by atomic mass is 10.3. The van der Waals surface area contributed by atoms with Gasteiger partial charge in [-0.25, -0.2) is 4.79 Å². The maximum Gasteiger partial charge on any atom is 0.330 e. The molecule has 0 aliphatic carbocycles. The fraction of sp³-hybridized carbons (Fsp3) is 0.571. The van der Waals surface area contributed by atoms with Gasteiger partial charge in [-0.15, -0.1) is 0 Å². The van der Waals surface area contributed by atoms with Crippen LogP contribution < -0.4 is 5.32 Å². The zero-order valence-corrected chi connectivity index (χ0v) is 6.79. The van der Waals surface area contributed by atoms with E-state index < -0.39 is 17.8 Å². The van der Waals surface area contributed by atoms with E-state index in [2.05, 4.69) is 5.32 Å². The minimum absolute atomic E-state index is 0.217. The number of hydrogen-bond acceptors (Lipinski definition) is 3. The summed E-state index contributed by atoms with van der Waals surface area (Å²) in [4.78, 5) is 33.7. The highest BCUT2D eigenvalue weighted by Gasteiger charge is 2.29. The van der Waals surface area contributed by atoms with Crippen molar-refractivity contribution < 1.29 is 14.4 Å². The Balaban J connectivity index is 2.67. The molecule has 0 unspecified atom stereocenters. The molecule has 12 heavy (non-hydrogen) atoms. The number of hydrogen-bond donors (Lipinski definition) is 1. The number of carbonyl (C=O) groups excluding carboxylic acids is 3. The molecule has 0 atom stereocenters. The predicted octanol–water partition coefficient (Wildman–Crippen LogP) is -0.135. The molecule has 1 aliphatic rings. The zero-order chi connectivity index (χ0) is 9.14. The average Bonchev–Trinajstić information content (AvgIpc) is 1.96. The van der Waals surface area contributed by atoms with Crippen LogP contribution in [-0.4, -0.2) is 29.3 Å². The summed E-state index contributed by atoms with van der Waals surface area (Å²) in [5.41, 5.74) is 0. The van der Waals surface area contributed by atoms with Crippen LogP contribution in [0, 0.1) is 0 Å². The second-order valence-corrected chi connectivity index (χ2v) is 2.58. The van der Waals surface area contributed by atoms with Crippen LogP contribution in [0.15, 0.2) is 0 Å². The third-order valence-electron chi connectivity index (χ3n) is 1.55. The molecule has 1 N–H and O–H groups in total. The summed E-state index contributed by atoms with van der Waals surface area (Å²) in [6, 6.07) is -0.599. The molecule has 4 amide bonds. The van der Waals surface area contributed by atoms with Gasteiger partial charge < -0.3 is 0 Å². The molecule has 1 heterocycles. The van der Waals surface area contributed by atoms with E-state index in [4.69, 9.17) is 0 Å². The summed E-state index contributed by atoms with van der Waals surface area (Å²) in [5.74, 6) is -0.928. The zero-order valence-electron chi connectivity index (χ0n) is 6.79. The van der Waals surface area contributed by atoms with E-state index in [1.165, 1.54) is 0 Å². The number of nitrogens with one attached hydrogen (secondary N) is 1. The maximum atomic E-state index is 11.0. The average molecular weight is 170 g/mol. The van der Waals surface area contributed by atoms with Crippen molar-refractivity contribution in [1.29, 1.82) is 0 Å². The van der Waals surface area contributed by atoms with Crippen molar-refractivity contribution in [2.45, 2.75) is 19.8 Å². The van der Waals surface area contributed by atoms with Gasteiger partial charge in [0.25, 0.3) is 0 Å². The molecule has 1 fully saturated rings. The Morgan fingerprint density at radius 3 is 2.58 bits per heavy atom. The van der Waals surface area contributed by atoms with Crippen LogP contribution in [0.3, 0.4) is 0 Å². The first-order valence-electron chi connectivity index (χ1n) is 3.79. The highest BCUT2D eigenvalue weighted by Crippen LogP contribution is 2.02. The molecule has 0 saturated carbocycles. The van der Waals surface area contributed by atoms with E-state index in [0.717, 1.165) is 4.90 Å². The Kier molecular flexibility index (Phi) is 2.42. The molecule has 5 heteroatoms. The SMILES string of the molecule is CCCN1C(=O)CC(=O)NC1=O. The molecule has 0 bridgehead atoms. The Morgan fingerprint density at radius 2 is 2.08 bits per heavy atom. The van der Waals surface area contributed by atoms with Crippen molar-refractivity contribution in [2.24, 2.45) is 0 Å². The number of nitrogens with zero attached hydrogens (tertiary/aromatic N) is 1. The fourth-order valence-electron chi connectivity index (χ4n) is 1.03. The third-order valence-corrected chi connectivity index (χ3v) is 1.55. The van der Waals surface area contributed by atoms with Crippen molar-refractivity contribution in [1.82, 2.24) is 10.2 Å². The number of imide groups is 2. The Bertz CT molecular complexity index is 217. The van der Waals surface area contributed by atoms with Gasteiger partial charge in [0.1, 0.15) is 6.42 Å². The van der Waals surface area contributed by atoms with Crippen LogP contribution in [0.25, 0.3) is 0 Å². The molecule has 0 aromatic heterocycles. The Hall–Kier alpha value is -1.39. The second-order valence-electron chi connectivity index (χ2n) is 2.58. The number of carbonyl (C=O) groups is 3. The van der Waals surface area contributed by atoms with E-state index in [1.807, 2.05) is 6.92 Å². The van der Waals surface area contributed by atoms with E-state index >= 15 is 0 Å². The minimum atomic E-state index is -0.599. The van der Waals surface area contributed by atoms with Crippen LogP contribution in [0.1, 0.15) is 19.8 Å². The lowest BCUT2D eigenvalue weighted by Gasteiger charge is -2.23. The molecule has 66 valence electrons. The summed E-state index contributed by atoms with van der Waals surface area (Å²) in [7, 11) is 0. The van der Waals surface area contributed by atoms with Crippen molar-refractivity contribution in [3.63, 3.8) is 0 Å². The summed E-state index contributed by atoms with van der Waals surface area (Å²) in [6.07, 6.45) is 0.485. The first-order chi connectivity index (χ1) is 5.65. The van der Waals surface area contributed by atoms with E-state index in [-0.39, 0.29) is 6.42 Å². The normalized spacial score (nSPS) is 18.1. The molecule has 1 saturated heterocycles. The van der Waals surface area contributed by atoms with Gasteiger partial charge in [-0.2, -0.15) is 0 Å². The molecule has 1 aliphatic heterocycles. The number of urea groups is 1. The van der Waals surface area contributed by atoms with E-state index in [9.17, 15) is 14.4 Å². The fourth-order valence-corrected chi connectivity index (χ4v) is 1.03. The third kappa shape index (κ3) is 1.61. The molecule has 0 spiro atoms. The van der Waals surface area contributed by atoms with E-state index in [1.54, 1.807) is 0 Å². The molecule has 0 aromatic carbocycles. The minimum Gasteiger partial charge on any atom is -0.277 e. The van der Waals surface area contributed by atoms with E-state index in [0.29, 0.717) is 13.0 Å².